The van der Waals surface area contributed by atoms with Gasteiger partial charge >= 0.3 is 0 Å². The lowest BCUT2D eigenvalue weighted by molar-refractivity contribution is -0.288. The zero-order chi connectivity index (χ0) is 24.3. The summed E-state index contributed by atoms with van der Waals surface area (Å²) in [5.74, 6) is -0.937. The van der Waals surface area contributed by atoms with Gasteiger partial charge in [-0.1, -0.05) is 37.6 Å². The second-order valence-electron chi connectivity index (χ2n) is 9.36. The highest BCUT2D eigenvalue weighted by atomic mass is 19.1. The zero-order valence-electron chi connectivity index (χ0n) is 21.0. The number of allylic oxidation sites excluding steroid dienone is 2. The van der Waals surface area contributed by atoms with Crippen molar-refractivity contribution in [2.24, 2.45) is 0 Å². The lowest BCUT2D eigenvalue weighted by atomic mass is 9.88. The van der Waals surface area contributed by atoms with E-state index in [-0.39, 0.29) is 24.1 Å². The van der Waals surface area contributed by atoms with Gasteiger partial charge < -0.3 is 18.7 Å². The van der Waals surface area contributed by atoms with Crippen molar-refractivity contribution in [3.05, 3.63) is 47.6 Å². The lowest BCUT2D eigenvalue weighted by Crippen LogP contribution is -2.60. The van der Waals surface area contributed by atoms with Gasteiger partial charge in [-0.05, 0) is 64.8 Å². The summed E-state index contributed by atoms with van der Waals surface area (Å²) in [4.78, 5) is 2.44. The van der Waals surface area contributed by atoms with Gasteiger partial charge in [0.1, 0.15) is 11.5 Å². The van der Waals surface area contributed by atoms with Crippen LogP contribution in [0.25, 0.3) is 16.5 Å². The first kappa shape index (κ1) is 24.9. The molecule has 0 bridgehead atoms. The average Bonchev–Trinajstić information content (AvgIpc) is 3.26. The topological polar surface area (TPSA) is 57.0 Å². The molecule has 0 radical (unpaired) electrons. The number of aromatic nitrogens is 1. The van der Waals surface area contributed by atoms with Gasteiger partial charge in [0.15, 0.2) is 11.3 Å². The first-order chi connectivity index (χ1) is 16.4. The van der Waals surface area contributed by atoms with Crippen LogP contribution in [0, 0.1) is 5.82 Å². The maximum atomic E-state index is 13.8. The summed E-state index contributed by atoms with van der Waals surface area (Å²) < 4.78 is 39.0. The Balaban J connectivity index is 1.91. The number of halogens is 1. The minimum atomic E-state index is -1.15. The third kappa shape index (κ3) is 4.66. The fourth-order valence-electron chi connectivity index (χ4n) is 4.85. The maximum absolute atomic E-state index is 13.8. The monoisotopic (exact) mass is 472 g/mol. The number of piperidine rings is 1. The third-order valence-electron chi connectivity index (χ3n) is 6.98. The summed E-state index contributed by atoms with van der Waals surface area (Å²) in [5.41, 5.74) is 1.71. The van der Waals surface area contributed by atoms with E-state index in [9.17, 15) is 4.39 Å². The molecule has 1 aromatic heterocycles. The highest BCUT2D eigenvalue weighted by Gasteiger charge is 2.53. The van der Waals surface area contributed by atoms with Crippen LogP contribution in [0.2, 0.25) is 0 Å². The molecule has 3 unspecified atom stereocenters. The Bertz CT molecular complexity index is 1030. The van der Waals surface area contributed by atoms with Crippen LogP contribution < -0.4 is 0 Å². The molecule has 1 aliphatic carbocycles. The van der Waals surface area contributed by atoms with E-state index in [2.05, 4.69) is 43.8 Å². The first-order valence-corrected chi connectivity index (χ1v) is 12.5. The fourth-order valence-corrected chi connectivity index (χ4v) is 4.85. The van der Waals surface area contributed by atoms with Gasteiger partial charge in [0.05, 0.1) is 30.7 Å². The smallest absolute Gasteiger partial charge is 0.248 e. The number of methoxy groups -OCH3 is 1. The van der Waals surface area contributed by atoms with Crippen LogP contribution in [0.5, 0.6) is 0 Å². The third-order valence-corrected chi connectivity index (χ3v) is 6.98. The average molecular weight is 473 g/mol. The van der Waals surface area contributed by atoms with E-state index in [1.54, 1.807) is 13.2 Å². The van der Waals surface area contributed by atoms with Gasteiger partial charge in [-0.25, -0.2) is 4.39 Å². The van der Waals surface area contributed by atoms with Gasteiger partial charge in [0, 0.05) is 11.6 Å². The second kappa shape index (κ2) is 10.6. The largest absolute Gasteiger partial charge is 0.495 e. The van der Waals surface area contributed by atoms with E-state index >= 15 is 0 Å². The number of benzene rings is 1. The van der Waals surface area contributed by atoms with Gasteiger partial charge in [0.2, 0.25) is 5.79 Å². The maximum Gasteiger partial charge on any atom is 0.248 e. The Morgan fingerprint density at radius 1 is 1.12 bits per heavy atom. The van der Waals surface area contributed by atoms with Crippen molar-refractivity contribution in [1.82, 2.24) is 10.1 Å². The van der Waals surface area contributed by atoms with Gasteiger partial charge in [0.25, 0.3) is 0 Å². The summed E-state index contributed by atoms with van der Waals surface area (Å²) in [5, 5.41) is 5.02. The van der Waals surface area contributed by atoms with E-state index in [0.29, 0.717) is 22.4 Å². The number of likely N-dealkylation sites (tertiary alicyclic amines) is 1. The predicted molar refractivity (Wildman–Crippen MR) is 131 cm³/mol. The summed E-state index contributed by atoms with van der Waals surface area (Å²) in [7, 11) is 1.65. The molecule has 186 valence electrons. The van der Waals surface area contributed by atoms with Crippen LogP contribution in [0.15, 0.2) is 40.6 Å². The zero-order valence-corrected chi connectivity index (χ0v) is 21.0. The molecule has 1 saturated heterocycles. The Kier molecular flexibility index (Phi) is 7.75. The van der Waals surface area contributed by atoms with Crippen molar-refractivity contribution >= 4 is 16.5 Å². The summed E-state index contributed by atoms with van der Waals surface area (Å²) in [6.45, 7) is 10.3. The molecule has 0 spiro atoms. The molecule has 6 nitrogen and oxygen atoms in total. The Morgan fingerprint density at radius 3 is 2.41 bits per heavy atom. The number of hydrogen-bond acceptors (Lipinski definition) is 6. The molecule has 0 N–H and O–H groups in total. The van der Waals surface area contributed by atoms with Gasteiger partial charge in [-0.15, -0.1) is 0 Å². The molecule has 7 heteroatoms. The molecule has 34 heavy (non-hydrogen) atoms. The summed E-state index contributed by atoms with van der Waals surface area (Å²) >= 11 is 0. The van der Waals surface area contributed by atoms with Crippen molar-refractivity contribution in [2.75, 3.05) is 20.2 Å². The normalized spacial score (nSPS) is 25.6. The molecule has 0 amide bonds. The molecular weight excluding hydrogens is 435 g/mol. The van der Waals surface area contributed by atoms with Crippen molar-refractivity contribution in [2.45, 2.75) is 83.8 Å². The minimum Gasteiger partial charge on any atom is -0.495 e. The Labute approximate surface area is 201 Å². The molecule has 2 aliphatic rings. The molecule has 3 atom stereocenters. The van der Waals surface area contributed by atoms with Crippen molar-refractivity contribution < 1.29 is 23.1 Å². The number of hydrogen-bond donors (Lipinski definition) is 0. The Hall–Kier alpha value is -2.22. The second-order valence-corrected chi connectivity index (χ2v) is 9.36. The molecule has 2 heterocycles. The highest BCUT2D eigenvalue weighted by Crippen LogP contribution is 2.44. The molecule has 1 aromatic carbocycles. The first-order valence-electron chi connectivity index (χ1n) is 12.5. The quantitative estimate of drug-likeness (QED) is 0.413. The predicted octanol–water partition coefficient (Wildman–Crippen LogP) is 6.08. The van der Waals surface area contributed by atoms with Crippen LogP contribution in [0.3, 0.4) is 0 Å². The van der Waals surface area contributed by atoms with Crippen molar-refractivity contribution in [3.63, 3.8) is 0 Å². The number of ether oxygens (including phenoxy) is 3. The highest BCUT2D eigenvalue weighted by molar-refractivity contribution is 5.93. The SMILES string of the molecule is CCC(C)OC1(OC(C)CC)C(OC)=C(c2noc3cc(F)ccc23)C=CC1N1CCCCC1. The number of rotatable bonds is 9. The van der Waals surface area contributed by atoms with E-state index in [4.69, 9.17) is 18.7 Å². The number of nitrogens with zero attached hydrogens (tertiary/aromatic N) is 2. The minimum absolute atomic E-state index is 0.0580. The van der Waals surface area contributed by atoms with E-state index < -0.39 is 5.79 Å². The van der Waals surface area contributed by atoms with Crippen LogP contribution in [0.1, 0.15) is 65.5 Å². The van der Waals surface area contributed by atoms with Crippen LogP contribution in [-0.2, 0) is 14.2 Å². The van der Waals surface area contributed by atoms with Crippen LogP contribution >= 0.6 is 0 Å². The summed E-state index contributed by atoms with van der Waals surface area (Å²) in [6.07, 6.45) is 9.25. The molecule has 2 aromatic rings. The lowest BCUT2D eigenvalue weighted by Gasteiger charge is -2.49. The van der Waals surface area contributed by atoms with E-state index in [1.165, 1.54) is 18.6 Å². The Morgan fingerprint density at radius 2 is 1.79 bits per heavy atom. The van der Waals surface area contributed by atoms with Crippen LogP contribution in [0.4, 0.5) is 4.39 Å². The van der Waals surface area contributed by atoms with Crippen molar-refractivity contribution in [3.8, 4) is 0 Å². The summed E-state index contributed by atoms with van der Waals surface area (Å²) in [6, 6.07) is 4.30. The van der Waals surface area contributed by atoms with E-state index in [1.807, 2.05) is 6.08 Å². The van der Waals surface area contributed by atoms with Gasteiger partial charge in [-0.2, -0.15) is 0 Å². The van der Waals surface area contributed by atoms with E-state index in [0.717, 1.165) is 44.3 Å². The van der Waals surface area contributed by atoms with Gasteiger partial charge in [-0.3, -0.25) is 4.90 Å². The molecule has 1 fully saturated rings. The van der Waals surface area contributed by atoms with Crippen molar-refractivity contribution in [1.29, 1.82) is 0 Å². The molecule has 1 aliphatic heterocycles. The van der Waals surface area contributed by atoms with Crippen LogP contribution in [-0.4, -0.2) is 54.3 Å². The molecule has 4 rings (SSSR count). The molecule has 0 saturated carbocycles. The molecular formula is C27H37FN2O4. The standard InChI is InChI=1S/C27H37FN2O4/c1-6-18(3)32-27(33-19(4)7-2)24(30-15-9-8-10-16-30)14-13-22(26(27)31-5)25-21-12-11-20(28)17-23(21)34-29-25/h11-14,17-19,24H,6-10,15-16H2,1-5H3. The number of fused-ring (bicyclic) bond motifs is 1. The fraction of sp³-hybridized carbons (Fsp3) is 0.593.